The molecule has 1 atom stereocenters. The molecular weight excluding hydrogens is 232 g/mol. The summed E-state index contributed by atoms with van der Waals surface area (Å²) < 4.78 is 1.59. The highest BCUT2D eigenvalue weighted by Crippen LogP contribution is 2.22. The molecule has 2 aromatic rings. The number of carbonyl (C=O) groups excluding carboxylic acids is 2. The molecule has 0 saturated carbocycles. The molecule has 1 aromatic carbocycles. The molecule has 0 bridgehead atoms. The van der Waals surface area contributed by atoms with Crippen molar-refractivity contribution in [3.63, 3.8) is 0 Å². The van der Waals surface area contributed by atoms with Crippen LogP contribution in [0.2, 0.25) is 0 Å². The summed E-state index contributed by atoms with van der Waals surface area (Å²) >= 11 is 0. The van der Waals surface area contributed by atoms with Crippen LogP contribution in [0.25, 0.3) is 11.0 Å². The maximum atomic E-state index is 11.8. The van der Waals surface area contributed by atoms with Crippen molar-refractivity contribution >= 4 is 22.8 Å². The number of hydrogen-bond donors (Lipinski definition) is 1. The molecule has 18 heavy (non-hydrogen) atoms. The van der Waals surface area contributed by atoms with Gasteiger partial charge in [-0.05, 0) is 31.0 Å². The molecule has 1 unspecified atom stereocenters. The number of benzene rings is 1. The second kappa shape index (κ2) is 3.90. The molecule has 2 amide bonds. The van der Waals surface area contributed by atoms with E-state index in [0.29, 0.717) is 12.8 Å². The van der Waals surface area contributed by atoms with E-state index >= 15 is 0 Å². The normalized spacial score (nSPS) is 20.2. The fraction of sp³-hybridized carbons (Fsp3) is 0.333. The average Bonchev–Trinajstić information content (AvgIpc) is 2.72. The summed E-state index contributed by atoms with van der Waals surface area (Å²) in [4.78, 5) is 22.9. The molecule has 1 aliphatic rings. The Labute approximate surface area is 103 Å². The van der Waals surface area contributed by atoms with Gasteiger partial charge in [-0.3, -0.25) is 14.9 Å². The van der Waals surface area contributed by atoms with E-state index < -0.39 is 6.04 Å². The maximum Gasteiger partial charge on any atom is 0.251 e. The molecule has 2 heterocycles. The molecule has 0 radical (unpaired) electrons. The van der Waals surface area contributed by atoms with Crippen LogP contribution >= 0.6 is 0 Å². The van der Waals surface area contributed by atoms with Crippen LogP contribution in [0.15, 0.2) is 18.2 Å². The average molecular weight is 244 g/mol. The number of aromatic nitrogens is 3. The molecule has 1 aliphatic heterocycles. The third-order valence-corrected chi connectivity index (χ3v) is 3.13. The summed E-state index contributed by atoms with van der Waals surface area (Å²) in [6.45, 7) is 1.98. The minimum Gasteiger partial charge on any atom is -0.295 e. The fourth-order valence-corrected chi connectivity index (χ4v) is 2.20. The molecule has 92 valence electrons. The number of aryl methyl sites for hydroxylation is 1. The van der Waals surface area contributed by atoms with Gasteiger partial charge in [0.05, 0.1) is 5.52 Å². The molecule has 1 N–H and O–H groups in total. The standard InChI is InChI=1S/C12H12N4O2/c1-7-2-3-9-8(6-7)14-15-16(9)10-4-5-11(17)13-12(10)18/h2-3,6,10H,4-5H2,1H3,(H,13,17,18). The van der Waals surface area contributed by atoms with Crippen LogP contribution in [-0.2, 0) is 9.59 Å². The van der Waals surface area contributed by atoms with Crippen molar-refractivity contribution in [1.29, 1.82) is 0 Å². The highest BCUT2D eigenvalue weighted by molar-refractivity contribution is 5.99. The first-order valence-electron chi connectivity index (χ1n) is 5.80. The van der Waals surface area contributed by atoms with Gasteiger partial charge in [-0.25, -0.2) is 4.68 Å². The van der Waals surface area contributed by atoms with Crippen LogP contribution in [0.4, 0.5) is 0 Å². The first-order valence-corrected chi connectivity index (χ1v) is 5.80. The zero-order chi connectivity index (χ0) is 12.7. The second-order valence-corrected chi connectivity index (χ2v) is 4.49. The second-order valence-electron chi connectivity index (χ2n) is 4.49. The SMILES string of the molecule is Cc1ccc2c(c1)nnn2C1CCC(=O)NC1=O. The van der Waals surface area contributed by atoms with E-state index in [1.165, 1.54) is 0 Å². The highest BCUT2D eigenvalue weighted by atomic mass is 16.2. The smallest absolute Gasteiger partial charge is 0.251 e. The lowest BCUT2D eigenvalue weighted by Crippen LogP contribution is -2.42. The summed E-state index contributed by atoms with van der Waals surface area (Å²) in [5.41, 5.74) is 2.67. The van der Waals surface area contributed by atoms with Gasteiger partial charge in [0.1, 0.15) is 11.6 Å². The van der Waals surface area contributed by atoms with Gasteiger partial charge in [0.2, 0.25) is 5.91 Å². The van der Waals surface area contributed by atoms with Gasteiger partial charge in [-0.15, -0.1) is 5.10 Å². The van der Waals surface area contributed by atoms with Crippen LogP contribution in [0.3, 0.4) is 0 Å². The third-order valence-electron chi connectivity index (χ3n) is 3.13. The van der Waals surface area contributed by atoms with Crippen LogP contribution < -0.4 is 5.32 Å². The fourth-order valence-electron chi connectivity index (χ4n) is 2.20. The number of carbonyl (C=O) groups is 2. The molecular formula is C12H12N4O2. The van der Waals surface area contributed by atoms with Gasteiger partial charge < -0.3 is 0 Å². The number of fused-ring (bicyclic) bond motifs is 1. The molecule has 6 nitrogen and oxygen atoms in total. The molecule has 0 spiro atoms. The van der Waals surface area contributed by atoms with Crippen LogP contribution in [0, 0.1) is 6.92 Å². The Morgan fingerprint density at radius 3 is 3.00 bits per heavy atom. The van der Waals surface area contributed by atoms with Gasteiger partial charge in [-0.1, -0.05) is 11.3 Å². The maximum absolute atomic E-state index is 11.8. The van der Waals surface area contributed by atoms with Crippen molar-refractivity contribution in [2.45, 2.75) is 25.8 Å². The predicted octanol–water partition coefficient (Wildman–Crippen LogP) is 0.717. The molecule has 0 aliphatic carbocycles. The minimum atomic E-state index is -0.449. The number of amides is 2. The summed E-state index contributed by atoms with van der Waals surface area (Å²) in [5.74, 6) is -0.532. The summed E-state index contributed by atoms with van der Waals surface area (Å²) in [6, 6.07) is 5.32. The van der Waals surface area contributed by atoms with Crippen LogP contribution in [0.5, 0.6) is 0 Å². The number of hydrogen-bond acceptors (Lipinski definition) is 4. The monoisotopic (exact) mass is 244 g/mol. The number of piperidine rings is 1. The van der Waals surface area contributed by atoms with E-state index in [-0.39, 0.29) is 11.8 Å². The lowest BCUT2D eigenvalue weighted by atomic mass is 10.1. The van der Waals surface area contributed by atoms with E-state index in [1.54, 1.807) is 4.68 Å². The van der Waals surface area contributed by atoms with Gasteiger partial charge >= 0.3 is 0 Å². The van der Waals surface area contributed by atoms with Gasteiger partial charge in [0, 0.05) is 6.42 Å². The lowest BCUT2D eigenvalue weighted by molar-refractivity contribution is -0.135. The Hall–Kier alpha value is -2.24. The Morgan fingerprint density at radius 1 is 1.39 bits per heavy atom. The zero-order valence-electron chi connectivity index (χ0n) is 9.88. The Bertz CT molecular complexity index is 647. The topological polar surface area (TPSA) is 76.9 Å². The lowest BCUT2D eigenvalue weighted by Gasteiger charge is -2.20. The molecule has 1 fully saturated rings. The van der Waals surface area contributed by atoms with Crippen molar-refractivity contribution in [2.24, 2.45) is 0 Å². The molecule has 6 heteroatoms. The largest absolute Gasteiger partial charge is 0.295 e. The van der Waals surface area contributed by atoms with E-state index in [2.05, 4.69) is 15.6 Å². The summed E-state index contributed by atoms with van der Waals surface area (Å²) in [6.07, 6.45) is 0.806. The minimum absolute atomic E-state index is 0.225. The van der Waals surface area contributed by atoms with Crippen molar-refractivity contribution in [3.05, 3.63) is 23.8 Å². The molecule has 1 saturated heterocycles. The molecule has 3 rings (SSSR count). The van der Waals surface area contributed by atoms with Crippen molar-refractivity contribution in [2.75, 3.05) is 0 Å². The van der Waals surface area contributed by atoms with Crippen molar-refractivity contribution < 1.29 is 9.59 Å². The Kier molecular flexibility index (Phi) is 2.36. The van der Waals surface area contributed by atoms with Crippen LogP contribution in [0.1, 0.15) is 24.4 Å². The third kappa shape index (κ3) is 1.66. The van der Waals surface area contributed by atoms with Gasteiger partial charge in [0.15, 0.2) is 0 Å². The quantitative estimate of drug-likeness (QED) is 0.750. The number of nitrogens with one attached hydrogen (secondary N) is 1. The van der Waals surface area contributed by atoms with E-state index in [1.807, 2.05) is 25.1 Å². The van der Waals surface area contributed by atoms with E-state index in [0.717, 1.165) is 16.6 Å². The molecule has 1 aromatic heterocycles. The first kappa shape index (κ1) is 10.9. The summed E-state index contributed by atoms with van der Waals surface area (Å²) in [5, 5.41) is 10.4. The zero-order valence-corrected chi connectivity index (χ0v) is 9.88. The van der Waals surface area contributed by atoms with E-state index in [4.69, 9.17) is 0 Å². The van der Waals surface area contributed by atoms with Crippen LogP contribution in [-0.4, -0.2) is 26.8 Å². The number of rotatable bonds is 1. The Morgan fingerprint density at radius 2 is 2.22 bits per heavy atom. The van der Waals surface area contributed by atoms with Gasteiger partial charge in [0.25, 0.3) is 5.91 Å². The van der Waals surface area contributed by atoms with Gasteiger partial charge in [-0.2, -0.15) is 0 Å². The number of imide groups is 1. The highest BCUT2D eigenvalue weighted by Gasteiger charge is 2.29. The predicted molar refractivity (Wildman–Crippen MR) is 63.7 cm³/mol. The first-order chi connectivity index (χ1) is 8.65. The number of nitrogens with zero attached hydrogens (tertiary/aromatic N) is 3. The summed E-state index contributed by atoms with van der Waals surface area (Å²) in [7, 11) is 0. The van der Waals surface area contributed by atoms with Crippen molar-refractivity contribution in [1.82, 2.24) is 20.3 Å². The van der Waals surface area contributed by atoms with Crippen molar-refractivity contribution in [3.8, 4) is 0 Å². The van der Waals surface area contributed by atoms with E-state index in [9.17, 15) is 9.59 Å². The Balaban J connectivity index is 2.04.